The van der Waals surface area contributed by atoms with Gasteiger partial charge in [0.15, 0.2) is 0 Å². The number of aromatic carboxylic acids is 1. The second-order valence-corrected chi connectivity index (χ2v) is 5.22. The Morgan fingerprint density at radius 1 is 1.04 bits per heavy atom. The van der Waals surface area contributed by atoms with Crippen LogP contribution in [-0.2, 0) is 5.66 Å². The van der Waals surface area contributed by atoms with E-state index < -0.39 is 17.8 Å². The normalized spacial score (nSPS) is 15.6. The van der Waals surface area contributed by atoms with Gasteiger partial charge in [-0.05, 0) is 23.3 Å². The number of carbonyl (C=O) groups is 1. The summed E-state index contributed by atoms with van der Waals surface area (Å²) in [6.07, 6.45) is -1.58. The Kier molecular flexibility index (Phi) is 3.71. The van der Waals surface area contributed by atoms with Gasteiger partial charge in [-0.1, -0.05) is 48.6 Å². The number of alkyl halides is 3. The quantitative estimate of drug-likeness (QED) is 0.822. The van der Waals surface area contributed by atoms with E-state index in [9.17, 15) is 18.0 Å². The molecule has 2 aromatic carbocycles. The Bertz CT molecular complexity index is 837. The van der Waals surface area contributed by atoms with Crippen LogP contribution in [0.2, 0.25) is 0 Å². The molecule has 0 unspecified atom stereocenters. The van der Waals surface area contributed by atoms with Crippen molar-refractivity contribution in [2.45, 2.75) is 11.8 Å². The zero-order valence-corrected chi connectivity index (χ0v) is 12.2. The van der Waals surface area contributed by atoms with Crippen molar-refractivity contribution in [2.75, 3.05) is 0 Å². The van der Waals surface area contributed by atoms with E-state index in [1.54, 1.807) is 30.3 Å². The molecular weight excluding hydrogens is 321 g/mol. The molecule has 4 nitrogen and oxygen atoms in total. The van der Waals surface area contributed by atoms with Crippen LogP contribution in [0.25, 0.3) is 12.2 Å². The summed E-state index contributed by atoms with van der Waals surface area (Å²) >= 11 is 0. The predicted molar refractivity (Wildman–Crippen MR) is 81.4 cm³/mol. The zero-order valence-electron chi connectivity index (χ0n) is 12.2. The van der Waals surface area contributed by atoms with E-state index in [4.69, 9.17) is 5.11 Å². The molecule has 0 aromatic heterocycles. The number of benzene rings is 2. The molecule has 2 aromatic rings. The molecule has 24 heavy (non-hydrogen) atoms. The highest BCUT2D eigenvalue weighted by Gasteiger charge is 2.65. The number of hydrogen-bond acceptors (Lipinski definition) is 3. The molecule has 0 radical (unpaired) electrons. The summed E-state index contributed by atoms with van der Waals surface area (Å²) in [7, 11) is 0. The van der Waals surface area contributed by atoms with Crippen LogP contribution < -0.4 is 0 Å². The van der Waals surface area contributed by atoms with Crippen LogP contribution in [0.15, 0.2) is 58.8 Å². The Labute approximate surface area is 135 Å². The first kappa shape index (κ1) is 15.9. The van der Waals surface area contributed by atoms with Gasteiger partial charge in [-0.2, -0.15) is 13.2 Å². The first-order chi connectivity index (χ1) is 11.3. The third-order valence-electron chi connectivity index (χ3n) is 3.63. The molecule has 0 bridgehead atoms. The van der Waals surface area contributed by atoms with E-state index in [-0.39, 0.29) is 16.7 Å². The van der Waals surface area contributed by atoms with Crippen LogP contribution in [0.3, 0.4) is 0 Å². The van der Waals surface area contributed by atoms with Crippen molar-refractivity contribution in [3.8, 4) is 0 Å². The summed E-state index contributed by atoms with van der Waals surface area (Å²) in [5.41, 5.74) is -2.19. The fraction of sp³-hybridized carbons (Fsp3) is 0.118. The van der Waals surface area contributed by atoms with Crippen LogP contribution in [-0.4, -0.2) is 17.3 Å². The van der Waals surface area contributed by atoms with Gasteiger partial charge in [-0.3, -0.25) is 0 Å². The van der Waals surface area contributed by atoms with E-state index in [0.717, 1.165) is 11.6 Å². The third kappa shape index (κ3) is 2.80. The van der Waals surface area contributed by atoms with Crippen LogP contribution in [0, 0.1) is 0 Å². The zero-order chi connectivity index (χ0) is 17.4. The molecule has 0 amide bonds. The second-order valence-electron chi connectivity index (χ2n) is 5.22. The minimum Gasteiger partial charge on any atom is -0.478 e. The topological polar surface area (TPSA) is 62.0 Å². The number of carboxylic acid groups (broad SMARTS) is 1. The number of carboxylic acids is 1. The van der Waals surface area contributed by atoms with Gasteiger partial charge in [-0.15, -0.1) is 10.2 Å². The Hall–Kier alpha value is -2.96. The van der Waals surface area contributed by atoms with Gasteiger partial charge in [0.05, 0.1) is 5.56 Å². The monoisotopic (exact) mass is 332 g/mol. The third-order valence-corrected chi connectivity index (χ3v) is 3.63. The van der Waals surface area contributed by atoms with Gasteiger partial charge in [0, 0.05) is 5.56 Å². The Morgan fingerprint density at radius 2 is 1.71 bits per heavy atom. The van der Waals surface area contributed by atoms with E-state index >= 15 is 0 Å². The van der Waals surface area contributed by atoms with Crippen LogP contribution in [0.5, 0.6) is 0 Å². The van der Waals surface area contributed by atoms with Gasteiger partial charge < -0.3 is 5.11 Å². The average Bonchev–Trinajstić information content (AvgIpc) is 3.35. The predicted octanol–water partition coefficient (Wildman–Crippen LogP) is 4.74. The van der Waals surface area contributed by atoms with Crippen LogP contribution >= 0.6 is 0 Å². The van der Waals surface area contributed by atoms with E-state index in [2.05, 4.69) is 10.2 Å². The molecule has 0 saturated carbocycles. The summed E-state index contributed by atoms with van der Waals surface area (Å²) in [4.78, 5) is 11.1. The molecule has 122 valence electrons. The Morgan fingerprint density at radius 3 is 2.25 bits per heavy atom. The van der Waals surface area contributed by atoms with Crippen LogP contribution in [0.4, 0.5) is 13.2 Å². The van der Waals surface area contributed by atoms with E-state index in [0.29, 0.717) is 0 Å². The molecule has 0 saturated heterocycles. The lowest BCUT2D eigenvalue weighted by Gasteiger charge is -2.17. The summed E-state index contributed by atoms with van der Waals surface area (Å²) in [5, 5.41) is 15.4. The molecule has 0 fully saturated rings. The van der Waals surface area contributed by atoms with E-state index in [1.165, 1.54) is 18.2 Å². The molecule has 0 spiro atoms. The lowest BCUT2D eigenvalue weighted by Crippen LogP contribution is -2.31. The highest BCUT2D eigenvalue weighted by Crippen LogP contribution is 2.53. The molecular formula is C17H11F3N2O2. The first-order valence-corrected chi connectivity index (χ1v) is 6.95. The van der Waals surface area contributed by atoms with E-state index in [1.807, 2.05) is 6.07 Å². The number of rotatable bonds is 4. The molecule has 1 aliphatic rings. The first-order valence-electron chi connectivity index (χ1n) is 6.95. The molecule has 0 atom stereocenters. The van der Waals surface area contributed by atoms with Crippen molar-refractivity contribution >= 4 is 18.1 Å². The largest absolute Gasteiger partial charge is 0.478 e. The standard InChI is InChI=1S/C17H11F3N2O2/c18-17(19,20)16(21-22-16)14-10-13(15(23)24)9-8-12(14)7-6-11-4-2-1-3-5-11/h1-10H,(H,23,24). The fourth-order valence-electron chi connectivity index (χ4n) is 2.31. The summed E-state index contributed by atoms with van der Waals surface area (Å²) in [5.74, 6) is -1.31. The van der Waals surface area contributed by atoms with Crippen molar-refractivity contribution in [1.29, 1.82) is 0 Å². The maximum atomic E-state index is 13.3. The van der Waals surface area contributed by atoms with Gasteiger partial charge >= 0.3 is 17.8 Å². The van der Waals surface area contributed by atoms with Crippen molar-refractivity contribution in [3.63, 3.8) is 0 Å². The highest BCUT2D eigenvalue weighted by atomic mass is 19.4. The lowest BCUT2D eigenvalue weighted by molar-refractivity contribution is -0.166. The van der Waals surface area contributed by atoms with Crippen molar-refractivity contribution < 1.29 is 23.1 Å². The number of halogens is 3. The lowest BCUT2D eigenvalue weighted by atomic mass is 9.94. The summed E-state index contributed by atoms with van der Waals surface area (Å²) in [6.45, 7) is 0. The van der Waals surface area contributed by atoms with Gasteiger partial charge in [0.1, 0.15) is 0 Å². The fourth-order valence-corrected chi connectivity index (χ4v) is 2.31. The number of hydrogen-bond donors (Lipinski definition) is 1. The smallest absolute Gasteiger partial charge is 0.442 e. The van der Waals surface area contributed by atoms with Crippen LogP contribution in [0.1, 0.15) is 27.0 Å². The summed E-state index contributed by atoms with van der Waals surface area (Å²) < 4.78 is 39.9. The Balaban J connectivity index is 2.07. The summed E-state index contributed by atoms with van der Waals surface area (Å²) in [6, 6.07) is 12.6. The molecule has 7 heteroatoms. The maximum Gasteiger partial charge on any atom is 0.442 e. The van der Waals surface area contributed by atoms with Crippen molar-refractivity contribution in [1.82, 2.24) is 0 Å². The highest BCUT2D eigenvalue weighted by molar-refractivity contribution is 5.89. The molecule has 0 aliphatic carbocycles. The van der Waals surface area contributed by atoms with Crippen molar-refractivity contribution in [3.05, 3.63) is 70.8 Å². The minimum atomic E-state index is -4.72. The second kappa shape index (κ2) is 5.59. The molecule has 3 rings (SSSR count). The molecule has 1 aliphatic heterocycles. The van der Waals surface area contributed by atoms with Gasteiger partial charge in [0.2, 0.25) is 0 Å². The molecule has 1 N–H and O–H groups in total. The number of nitrogens with zero attached hydrogens (tertiary/aromatic N) is 2. The maximum absolute atomic E-state index is 13.3. The van der Waals surface area contributed by atoms with Crippen molar-refractivity contribution in [2.24, 2.45) is 10.2 Å². The van der Waals surface area contributed by atoms with Gasteiger partial charge in [-0.25, -0.2) is 4.79 Å². The average molecular weight is 332 g/mol. The SMILES string of the molecule is O=C(O)c1ccc(C=Cc2ccccc2)c(C2(C(F)(F)F)N=N2)c1. The molecule has 1 heterocycles. The van der Waals surface area contributed by atoms with Gasteiger partial charge in [0.25, 0.3) is 0 Å². The minimum absolute atomic E-state index is 0.214.